The summed E-state index contributed by atoms with van der Waals surface area (Å²) < 4.78 is 33.3. The van der Waals surface area contributed by atoms with Crippen LogP contribution < -0.4 is 10.4 Å². The quantitative estimate of drug-likeness (QED) is 0.554. The SMILES string of the molecule is [C-]#[N+]c1ccc(-n2c(=O)[nH]c3c(OC4C5COCC4CN(C(=O)OC(C)(C)C)C5)ncnc32)c(F)c1. The lowest BCUT2D eigenvalue weighted by atomic mass is 9.84. The number of ether oxygens (including phenoxy) is 3. The number of benzene rings is 1. The number of rotatable bonds is 3. The molecule has 0 spiro atoms. The number of nitrogens with zero attached hydrogens (tertiary/aromatic N) is 5. The highest BCUT2D eigenvalue weighted by molar-refractivity contribution is 5.78. The third kappa shape index (κ3) is 4.37. The van der Waals surface area contributed by atoms with E-state index >= 15 is 0 Å². The number of hydrogen-bond donors (Lipinski definition) is 1. The van der Waals surface area contributed by atoms with Gasteiger partial charge in [0.15, 0.2) is 11.3 Å². The molecule has 2 atom stereocenters. The minimum absolute atomic E-state index is 0.0424. The Bertz CT molecular complexity index is 1410. The van der Waals surface area contributed by atoms with Gasteiger partial charge >= 0.3 is 11.8 Å². The number of amides is 1. The second-order valence-electron chi connectivity index (χ2n) is 9.92. The maximum Gasteiger partial charge on any atom is 0.410 e. The fourth-order valence-corrected chi connectivity index (χ4v) is 4.65. The zero-order valence-corrected chi connectivity index (χ0v) is 20.0. The molecule has 0 aliphatic carbocycles. The maximum absolute atomic E-state index is 14.7. The minimum Gasteiger partial charge on any atom is -0.472 e. The molecule has 188 valence electrons. The number of H-pyrrole nitrogens is 1. The predicted molar refractivity (Wildman–Crippen MR) is 126 cm³/mol. The number of likely N-dealkylation sites (tertiary alicyclic amines) is 1. The number of aromatic nitrogens is 4. The molecule has 2 aromatic heterocycles. The maximum atomic E-state index is 14.7. The predicted octanol–water partition coefficient (Wildman–Crippen LogP) is 3.06. The number of carbonyl (C=O) groups is 1. The molecule has 2 bridgehead atoms. The number of fused-ring (bicyclic) bond motifs is 3. The molecule has 1 aromatic carbocycles. The van der Waals surface area contributed by atoms with Crippen molar-refractivity contribution in [1.82, 2.24) is 24.4 Å². The van der Waals surface area contributed by atoms with E-state index in [-0.39, 0.29) is 52.5 Å². The van der Waals surface area contributed by atoms with E-state index in [1.165, 1.54) is 18.5 Å². The first-order valence-corrected chi connectivity index (χ1v) is 11.5. The molecule has 5 rings (SSSR count). The van der Waals surface area contributed by atoms with E-state index in [1.54, 1.807) is 4.90 Å². The molecule has 2 aliphatic heterocycles. The van der Waals surface area contributed by atoms with Gasteiger partial charge in [0.25, 0.3) is 0 Å². The number of nitrogens with one attached hydrogen (secondary N) is 1. The van der Waals surface area contributed by atoms with Crippen LogP contribution in [0.1, 0.15) is 20.8 Å². The molecule has 2 fully saturated rings. The molecular formula is C24H25FN6O5. The molecule has 2 aliphatic rings. The van der Waals surface area contributed by atoms with E-state index < -0.39 is 17.1 Å². The number of hydrogen-bond acceptors (Lipinski definition) is 7. The second-order valence-corrected chi connectivity index (χ2v) is 9.92. The van der Waals surface area contributed by atoms with Crippen molar-refractivity contribution >= 4 is 22.9 Å². The van der Waals surface area contributed by atoms with E-state index in [0.29, 0.717) is 26.3 Å². The van der Waals surface area contributed by atoms with Gasteiger partial charge in [-0.15, -0.1) is 0 Å². The van der Waals surface area contributed by atoms with Crippen LogP contribution in [0.3, 0.4) is 0 Å². The van der Waals surface area contributed by atoms with Gasteiger partial charge in [-0.25, -0.2) is 28.4 Å². The van der Waals surface area contributed by atoms with Crippen molar-refractivity contribution in [2.75, 3.05) is 26.3 Å². The molecular weight excluding hydrogens is 471 g/mol. The van der Waals surface area contributed by atoms with Crippen LogP contribution in [0.15, 0.2) is 29.3 Å². The summed E-state index contributed by atoms with van der Waals surface area (Å²) in [6.07, 6.45) is 0.543. The van der Waals surface area contributed by atoms with Crippen molar-refractivity contribution < 1.29 is 23.4 Å². The van der Waals surface area contributed by atoms with Crippen LogP contribution in [0.2, 0.25) is 0 Å². The molecule has 11 nitrogen and oxygen atoms in total. The van der Waals surface area contributed by atoms with Crippen molar-refractivity contribution in [3.05, 3.63) is 52.2 Å². The van der Waals surface area contributed by atoms with Gasteiger partial charge in [0, 0.05) is 24.9 Å². The van der Waals surface area contributed by atoms with E-state index in [2.05, 4.69) is 19.8 Å². The second kappa shape index (κ2) is 8.91. The highest BCUT2D eigenvalue weighted by Crippen LogP contribution is 2.33. The molecule has 1 N–H and O–H groups in total. The van der Waals surface area contributed by atoms with Gasteiger partial charge in [0.2, 0.25) is 5.88 Å². The van der Waals surface area contributed by atoms with Crippen LogP contribution in [0.25, 0.3) is 21.7 Å². The van der Waals surface area contributed by atoms with E-state index in [9.17, 15) is 14.0 Å². The number of imidazole rings is 1. The number of aromatic amines is 1. The summed E-state index contributed by atoms with van der Waals surface area (Å²) in [5.74, 6) is -0.847. The van der Waals surface area contributed by atoms with Gasteiger partial charge in [-0.05, 0) is 32.9 Å². The largest absolute Gasteiger partial charge is 0.472 e. The molecule has 0 radical (unpaired) electrons. The molecule has 4 heterocycles. The zero-order valence-electron chi connectivity index (χ0n) is 20.0. The van der Waals surface area contributed by atoms with Crippen LogP contribution in [0.5, 0.6) is 5.88 Å². The van der Waals surface area contributed by atoms with Crippen molar-refractivity contribution in [1.29, 1.82) is 0 Å². The van der Waals surface area contributed by atoms with Gasteiger partial charge in [0.1, 0.15) is 29.4 Å². The summed E-state index contributed by atoms with van der Waals surface area (Å²) >= 11 is 0. The summed E-state index contributed by atoms with van der Waals surface area (Å²) in [7, 11) is 0. The van der Waals surface area contributed by atoms with E-state index in [0.717, 1.165) is 10.6 Å². The van der Waals surface area contributed by atoms with Gasteiger partial charge < -0.3 is 19.1 Å². The molecule has 12 heteroatoms. The molecule has 3 aromatic rings. The van der Waals surface area contributed by atoms with Gasteiger partial charge in [-0.3, -0.25) is 4.98 Å². The van der Waals surface area contributed by atoms with E-state index in [1.807, 2.05) is 20.8 Å². The Balaban J connectivity index is 1.44. The Morgan fingerprint density at radius 2 is 1.97 bits per heavy atom. The topological polar surface area (TPSA) is 116 Å². The summed E-state index contributed by atoms with van der Waals surface area (Å²) in [5.41, 5.74) is -0.768. The third-order valence-corrected chi connectivity index (χ3v) is 6.14. The summed E-state index contributed by atoms with van der Waals surface area (Å²) in [5, 5.41) is 0. The fourth-order valence-electron chi connectivity index (χ4n) is 4.65. The van der Waals surface area contributed by atoms with Crippen molar-refractivity contribution in [3.63, 3.8) is 0 Å². The zero-order chi connectivity index (χ0) is 25.6. The van der Waals surface area contributed by atoms with E-state index in [4.69, 9.17) is 20.8 Å². The molecule has 2 unspecified atom stereocenters. The normalized spacial score (nSPS) is 21.8. The lowest BCUT2D eigenvalue weighted by Crippen LogP contribution is -2.59. The number of piperidine rings is 1. The van der Waals surface area contributed by atoms with Gasteiger partial charge in [-0.1, -0.05) is 6.07 Å². The average molecular weight is 496 g/mol. The monoisotopic (exact) mass is 496 g/mol. The van der Waals surface area contributed by atoms with Crippen LogP contribution in [-0.2, 0) is 9.47 Å². The summed E-state index contributed by atoms with van der Waals surface area (Å²) in [4.78, 5) is 41.4. The van der Waals surface area contributed by atoms with Crippen LogP contribution in [0, 0.1) is 24.2 Å². The Labute approximate surface area is 205 Å². The highest BCUT2D eigenvalue weighted by atomic mass is 19.1. The van der Waals surface area contributed by atoms with Crippen LogP contribution in [0.4, 0.5) is 14.9 Å². The lowest BCUT2D eigenvalue weighted by Gasteiger charge is -2.46. The average Bonchev–Trinajstić information content (AvgIpc) is 3.14. The minimum atomic E-state index is -0.728. The number of halogens is 1. The Morgan fingerprint density at radius 3 is 2.61 bits per heavy atom. The fraction of sp³-hybridized carbons (Fsp3) is 0.458. The standard InChI is InChI=1S/C24H25FN6O5/c1-24(2,3)36-23(33)30-8-13-10-34-11-14(9-30)19(13)35-21-18-20(27-12-28-21)31(22(32)29-18)17-6-5-15(26-4)7-16(17)25/h5-7,12-14,19H,8-11H2,1-3H3,(H,29,32). The molecule has 1 amide bonds. The Morgan fingerprint density at radius 1 is 1.25 bits per heavy atom. The van der Waals surface area contributed by atoms with Crippen molar-refractivity contribution in [3.8, 4) is 11.6 Å². The lowest BCUT2D eigenvalue weighted by molar-refractivity contribution is -0.112. The van der Waals surface area contributed by atoms with Crippen molar-refractivity contribution in [2.45, 2.75) is 32.5 Å². The Kier molecular flexibility index (Phi) is 5.88. The van der Waals surface area contributed by atoms with Gasteiger partial charge in [-0.2, -0.15) is 4.98 Å². The first-order valence-electron chi connectivity index (χ1n) is 11.5. The summed E-state index contributed by atoms with van der Waals surface area (Å²) in [6.45, 7) is 14.1. The van der Waals surface area contributed by atoms with Crippen molar-refractivity contribution in [2.24, 2.45) is 11.8 Å². The first kappa shape index (κ1) is 23.7. The Hall–Kier alpha value is -3.98. The van der Waals surface area contributed by atoms with Crippen LogP contribution >= 0.6 is 0 Å². The van der Waals surface area contributed by atoms with Gasteiger partial charge in [0.05, 0.1) is 25.5 Å². The highest BCUT2D eigenvalue weighted by Gasteiger charge is 2.44. The first-order chi connectivity index (χ1) is 17.1. The molecule has 36 heavy (non-hydrogen) atoms. The molecule has 0 saturated carbocycles. The summed E-state index contributed by atoms with van der Waals surface area (Å²) in [6, 6.07) is 3.84. The smallest absolute Gasteiger partial charge is 0.410 e. The van der Waals surface area contributed by atoms with Crippen LogP contribution in [-0.4, -0.2) is 68.5 Å². The third-order valence-electron chi connectivity index (χ3n) is 6.14. The molecule has 2 saturated heterocycles. The number of carbonyl (C=O) groups excluding carboxylic acids is 1.